The summed E-state index contributed by atoms with van der Waals surface area (Å²) in [5.41, 5.74) is 0.338. The number of rotatable bonds is 3. The van der Waals surface area contributed by atoms with E-state index in [4.69, 9.17) is 9.26 Å². The Labute approximate surface area is 96.2 Å². The molecule has 5 nitrogen and oxygen atoms in total. The molecule has 0 aliphatic heterocycles. The molecule has 0 atom stereocenters. The third-order valence-corrected chi connectivity index (χ3v) is 2.00. The lowest BCUT2D eigenvalue weighted by atomic mass is 10.3. The van der Waals surface area contributed by atoms with Crippen LogP contribution in [0.5, 0.6) is 5.88 Å². The van der Waals surface area contributed by atoms with E-state index < -0.39 is 11.7 Å². The van der Waals surface area contributed by atoms with Gasteiger partial charge < -0.3 is 14.6 Å². The molecule has 0 saturated carbocycles. The summed E-state index contributed by atoms with van der Waals surface area (Å²) in [5, 5.41) is 5.95. The molecular weight excluding hydrogens is 227 g/mol. The van der Waals surface area contributed by atoms with Crippen molar-refractivity contribution in [2.75, 3.05) is 12.4 Å². The lowest BCUT2D eigenvalue weighted by Gasteiger charge is -2.01. The minimum absolute atomic E-state index is 0.00823. The van der Waals surface area contributed by atoms with Gasteiger partial charge in [-0.3, -0.25) is 4.79 Å². The van der Waals surface area contributed by atoms with E-state index in [1.165, 1.54) is 31.4 Å². The number of aromatic nitrogens is 1. The van der Waals surface area contributed by atoms with Crippen LogP contribution >= 0.6 is 0 Å². The maximum Gasteiger partial charge on any atom is 0.294 e. The number of methoxy groups -OCH3 is 1. The Bertz CT molecular complexity index is 539. The molecule has 0 bridgehead atoms. The van der Waals surface area contributed by atoms with Crippen LogP contribution in [0, 0.1) is 5.82 Å². The summed E-state index contributed by atoms with van der Waals surface area (Å²) in [6.07, 6.45) is 0. The molecule has 1 aromatic heterocycles. The number of ether oxygens (including phenoxy) is 1. The fourth-order valence-electron chi connectivity index (χ4n) is 1.22. The van der Waals surface area contributed by atoms with Gasteiger partial charge in [0.2, 0.25) is 5.76 Å². The van der Waals surface area contributed by atoms with Gasteiger partial charge in [0.15, 0.2) is 0 Å². The lowest BCUT2D eigenvalue weighted by Crippen LogP contribution is -2.10. The summed E-state index contributed by atoms with van der Waals surface area (Å²) in [5.74, 6) is -0.759. The highest BCUT2D eigenvalue weighted by atomic mass is 19.1. The maximum atomic E-state index is 12.9. The molecule has 17 heavy (non-hydrogen) atoms. The molecule has 88 valence electrons. The Balaban J connectivity index is 2.11. The van der Waals surface area contributed by atoms with E-state index in [0.29, 0.717) is 5.69 Å². The van der Waals surface area contributed by atoms with Gasteiger partial charge in [0.1, 0.15) is 5.82 Å². The SMILES string of the molecule is COc1cc(C(=O)Nc2cccc(F)c2)on1. The highest BCUT2D eigenvalue weighted by Crippen LogP contribution is 2.14. The van der Waals surface area contributed by atoms with Gasteiger partial charge in [0, 0.05) is 5.69 Å². The third kappa shape index (κ3) is 2.60. The predicted molar refractivity (Wildman–Crippen MR) is 57.4 cm³/mol. The molecule has 0 fully saturated rings. The Morgan fingerprint density at radius 3 is 2.94 bits per heavy atom. The topological polar surface area (TPSA) is 64.4 Å². The average Bonchev–Trinajstić information content (AvgIpc) is 2.77. The number of hydrogen-bond donors (Lipinski definition) is 1. The van der Waals surface area contributed by atoms with Crippen molar-refractivity contribution in [3.8, 4) is 5.88 Å². The van der Waals surface area contributed by atoms with Crippen LogP contribution in [0.15, 0.2) is 34.9 Å². The van der Waals surface area contributed by atoms with Gasteiger partial charge >= 0.3 is 0 Å². The Kier molecular flexibility index (Phi) is 3.04. The zero-order valence-electron chi connectivity index (χ0n) is 8.94. The zero-order valence-corrected chi connectivity index (χ0v) is 8.94. The van der Waals surface area contributed by atoms with Gasteiger partial charge in [-0.25, -0.2) is 4.39 Å². The number of nitrogens with one attached hydrogen (secondary N) is 1. The van der Waals surface area contributed by atoms with Crippen LogP contribution in [-0.2, 0) is 0 Å². The van der Waals surface area contributed by atoms with Gasteiger partial charge in [0.05, 0.1) is 13.2 Å². The first-order valence-corrected chi connectivity index (χ1v) is 4.76. The van der Waals surface area contributed by atoms with E-state index in [-0.39, 0.29) is 11.6 Å². The van der Waals surface area contributed by atoms with Crippen LogP contribution in [0.4, 0.5) is 10.1 Å². The van der Waals surface area contributed by atoms with Crippen molar-refractivity contribution in [3.05, 3.63) is 41.9 Å². The highest BCUT2D eigenvalue weighted by molar-refractivity contribution is 6.02. The second kappa shape index (κ2) is 4.65. The molecule has 1 heterocycles. The quantitative estimate of drug-likeness (QED) is 0.886. The van der Waals surface area contributed by atoms with Crippen molar-refractivity contribution < 1.29 is 18.4 Å². The first-order chi connectivity index (χ1) is 8.19. The molecule has 0 aliphatic carbocycles. The van der Waals surface area contributed by atoms with Crippen LogP contribution in [0.2, 0.25) is 0 Å². The van der Waals surface area contributed by atoms with Crippen molar-refractivity contribution in [1.82, 2.24) is 5.16 Å². The first-order valence-electron chi connectivity index (χ1n) is 4.76. The number of hydrogen-bond acceptors (Lipinski definition) is 4. The molecule has 0 spiro atoms. The number of halogens is 1. The molecule has 2 aromatic rings. The summed E-state index contributed by atoms with van der Waals surface area (Å²) in [6.45, 7) is 0. The van der Waals surface area contributed by atoms with E-state index in [9.17, 15) is 9.18 Å². The molecule has 1 amide bonds. The number of benzene rings is 1. The maximum absolute atomic E-state index is 12.9. The normalized spacial score (nSPS) is 10.0. The second-order valence-electron chi connectivity index (χ2n) is 3.20. The van der Waals surface area contributed by atoms with Gasteiger partial charge in [0.25, 0.3) is 11.8 Å². The van der Waals surface area contributed by atoms with Crippen molar-refractivity contribution >= 4 is 11.6 Å². The number of carbonyl (C=O) groups is 1. The predicted octanol–water partition coefficient (Wildman–Crippen LogP) is 2.07. The summed E-state index contributed by atoms with van der Waals surface area (Å²) in [6, 6.07) is 6.88. The average molecular weight is 236 g/mol. The Hall–Kier alpha value is -2.37. The number of anilines is 1. The number of amides is 1. The summed E-state index contributed by atoms with van der Waals surface area (Å²) in [7, 11) is 1.41. The van der Waals surface area contributed by atoms with Crippen molar-refractivity contribution in [3.63, 3.8) is 0 Å². The summed E-state index contributed by atoms with van der Waals surface area (Å²) in [4.78, 5) is 11.6. The molecule has 1 aromatic carbocycles. The fourth-order valence-corrected chi connectivity index (χ4v) is 1.22. The lowest BCUT2D eigenvalue weighted by molar-refractivity contribution is 0.0987. The van der Waals surface area contributed by atoms with Crippen molar-refractivity contribution in [2.24, 2.45) is 0 Å². The standard InChI is InChI=1S/C11H9FN2O3/c1-16-10-6-9(17-14-10)11(15)13-8-4-2-3-7(12)5-8/h2-6H,1H3,(H,13,15). The monoisotopic (exact) mass is 236 g/mol. The molecular formula is C11H9FN2O3. The van der Waals surface area contributed by atoms with Crippen LogP contribution in [-0.4, -0.2) is 18.2 Å². The molecule has 0 saturated heterocycles. The minimum atomic E-state index is -0.522. The molecule has 6 heteroatoms. The minimum Gasteiger partial charge on any atom is -0.479 e. The van der Waals surface area contributed by atoms with Crippen LogP contribution in [0.1, 0.15) is 10.6 Å². The van der Waals surface area contributed by atoms with E-state index in [2.05, 4.69) is 10.5 Å². The van der Waals surface area contributed by atoms with E-state index >= 15 is 0 Å². The largest absolute Gasteiger partial charge is 0.479 e. The van der Waals surface area contributed by atoms with Gasteiger partial charge in [-0.05, 0) is 23.4 Å². The first kappa shape index (κ1) is 11.1. The van der Waals surface area contributed by atoms with E-state index in [1.807, 2.05) is 0 Å². The van der Waals surface area contributed by atoms with Gasteiger partial charge in [-0.1, -0.05) is 6.07 Å². The zero-order chi connectivity index (χ0) is 12.3. The molecule has 2 rings (SSSR count). The molecule has 0 radical (unpaired) electrons. The highest BCUT2D eigenvalue weighted by Gasteiger charge is 2.13. The molecule has 1 N–H and O–H groups in total. The third-order valence-electron chi connectivity index (χ3n) is 2.00. The molecule has 0 aliphatic rings. The van der Waals surface area contributed by atoms with Crippen molar-refractivity contribution in [2.45, 2.75) is 0 Å². The van der Waals surface area contributed by atoms with E-state index in [0.717, 1.165) is 0 Å². The number of nitrogens with zero attached hydrogens (tertiary/aromatic N) is 1. The van der Waals surface area contributed by atoms with Gasteiger partial charge in [-0.2, -0.15) is 0 Å². The Morgan fingerprint density at radius 2 is 2.29 bits per heavy atom. The summed E-state index contributed by atoms with van der Waals surface area (Å²) >= 11 is 0. The van der Waals surface area contributed by atoms with Crippen LogP contribution in [0.25, 0.3) is 0 Å². The fraction of sp³-hybridized carbons (Fsp3) is 0.0909. The van der Waals surface area contributed by atoms with Crippen LogP contribution < -0.4 is 10.1 Å². The van der Waals surface area contributed by atoms with E-state index in [1.54, 1.807) is 6.07 Å². The number of carbonyl (C=O) groups excluding carboxylic acids is 1. The second-order valence-corrected chi connectivity index (χ2v) is 3.20. The Morgan fingerprint density at radius 1 is 1.47 bits per heavy atom. The smallest absolute Gasteiger partial charge is 0.294 e. The molecule has 0 unspecified atom stereocenters. The van der Waals surface area contributed by atoms with Crippen LogP contribution in [0.3, 0.4) is 0 Å². The van der Waals surface area contributed by atoms with Crippen molar-refractivity contribution in [1.29, 1.82) is 0 Å². The summed E-state index contributed by atoms with van der Waals surface area (Å²) < 4.78 is 22.4. The van der Waals surface area contributed by atoms with Gasteiger partial charge in [-0.15, -0.1) is 0 Å².